The first-order valence-corrected chi connectivity index (χ1v) is 14.8. The van der Waals surface area contributed by atoms with E-state index in [1.807, 2.05) is 42.7 Å². The number of thiophene rings is 1. The Balaban J connectivity index is 1.12. The van der Waals surface area contributed by atoms with E-state index in [0.29, 0.717) is 16.9 Å². The molecule has 39 heavy (non-hydrogen) atoms. The molecule has 4 aromatic rings. The molecule has 2 aromatic heterocycles. The molecule has 0 amide bonds. The molecule has 6 N–H and O–H groups in total. The van der Waals surface area contributed by atoms with Crippen molar-refractivity contribution in [2.75, 3.05) is 35.4 Å². The Morgan fingerprint density at radius 3 is 2.44 bits per heavy atom. The van der Waals surface area contributed by atoms with Gasteiger partial charge in [-0.25, -0.2) is 21.7 Å². The number of rotatable bonds is 12. The standard InChI is InChI=1S/C27H33N9OS2/c1-4-15-37-27-35-34-26(39-27)33-31-23-10-7-20(16-19(23)3)28-30-22-9-8-21(17-18(22)2)29-32-24-11-12-25(38-24)36-13-5-6-14-36/h7-12,16-17,28-30,32H,4-6,13-15H2,1-3H3/p+2. The maximum atomic E-state index is 5.48. The highest BCUT2D eigenvalue weighted by Gasteiger charge is 2.15. The van der Waals surface area contributed by atoms with E-state index in [4.69, 9.17) is 4.74 Å². The largest absolute Gasteiger partial charge is 0.469 e. The summed E-state index contributed by atoms with van der Waals surface area (Å²) >= 11 is 3.13. The van der Waals surface area contributed by atoms with Crippen molar-refractivity contribution < 1.29 is 15.6 Å². The van der Waals surface area contributed by atoms with Gasteiger partial charge in [-0.3, -0.25) is 0 Å². The Hall–Kier alpha value is -3.58. The van der Waals surface area contributed by atoms with E-state index in [2.05, 4.69) is 84.9 Å². The number of benzene rings is 2. The van der Waals surface area contributed by atoms with Crippen LogP contribution < -0.4 is 31.3 Å². The molecule has 2 aromatic carbocycles. The lowest BCUT2D eigenvalue weighted by molar-refractivity contribution is -0.539. The average Bonchev–Trinajstić information content (AvgIpc) is 3.72. The second-order valence-electron chi connectivity index (χ2n) is 9.42. The molecule has 1 aliphatic heterocycles. The molecule has 0 spiro atoms. The highest BCUT2D eigenvalue weighted by atomic mass is 32.1. The van der Waals surface area contributed by atoms with Gasteiger partial charge < -0.3 is 9.64 Å². The number of azo groups is 1. The SMILES string of the molecule is CCCOc1nnc(N=Nc2ccc(N[NH2+]c3ccc(N[NH2+]c4ccc(N5CCCC5)s4)cc3C)cc2C)s1. The van der Waals surface area contributed by atoms with Crippen LogP contribution in [-0.2, 0) is 0 Å². The predicted octanol–water partition coefficient (Wildman–Crippen LogP) is 5.46. The van der Waals surface area contributed by atoms with Crippen LogP contribution in [0.25, 0.3) is 0 Å². The van der Waals surface area contributed by atoms with Gasteiger partial charge in [0.15, 0.2) is 5.69 Å². The summed E-state index contributed by atoms with van der Waals surface area (Å²) in [4.78, 5) is 2.47. The molecule has 1 fully saturated rings. The third-order valence-corrected chi connectivity index (χ3v) is 8.15. The molecule has 5 rings (SSSR count). The number of quaternary nitrogens is 2. The van der Waals surface area contributed by atoms with Crippen molar-refractivity contribution in [1.82, 2.24) is 10.2 Å². The summed E-state index contributed by atoms with van der Waals surface area (Å²) in [6.45, 7) is 9.15. The second kappa shape index (κ2) is 13.0. The second-order valence-corrected chi connectivity index (χ2v) is 11.4. The van der Waals surface area contributed by atoms with Crippen LogP contribution in [0.2, 0.25) is 0 Å². The molecular formula is C27H35N9OS2+2. The highest BCUT2D eigenvalue weighted by Crippen LogP contribution is 2.30. The van der Waals surface area contributed by atoms with Gasteiger partial charge in [-0.15, -0.1) is 15.3 Å². The van der Waals surface area contributed by atoms with Gasteiger partial charge >= 0.3 is 0 Å². The molecule has 0 bridgehead atoms. The summed E-state index contributed by atoms with van der Waals surface area (Å²) < 4.78 is 5.48. The van der Waals surface area contributed by atoms with Gasteiger partial charge in [-0.2, -0.15) is 0 Å². The number of aromatic nitrogens is 2. The molecule has 1 saturated heterocycles. The van der Waals surface area contributed by atoms with E-state index < -0.39 is 0 Å². The van der Waals surface area contributed by atoms with E-state index in [0.717, 1.165) is 34.7 Å². The van der Waals surface area contributed by atoms with Crippen molar-refractivity contribution in [1.29, 1.82) is 0 Å². The molecule has 0 atom stereocenters. The van der Waals surface area contributed by atoms with Gasteiger partial charge in [-0.05, 0) is 86.4 Å². The summed E-state index contributed by atoms with van der Waals surface area (Å²) in [6, 6.07) is 16.8. The first-order chi connectivity index (χ1) is 19.1. The average molecular weight is 566 g/mol. The Morgan fingerprint density at radius 1 is 0.897 bits per heavy atom. The van der Waals surface area contributed by atoms with Crippen LogP contribution in [-0.4, -0.2) is 29.9 Å². The van der Waals surface area contributed by atoms with E-state index in [9.17, 15) is 0 Å². The number of hydrogen-bond donors (Lipinski definition) is 4. The Labute approximate surface area is 236 Å². The lowest BCUT2D eigenvalue weighted by Gasteiger charge is -2.13. The number of ether oxygens (including phenoxy) is 1. The van der Waals surface area contributed by atoms with Crippen molar-refractivity contribution in [2.24, 2.45) is 10.2 Å². The van der Waals surface area contributed by atoms with E-state index in [-0.39, 0.29) is 0 Å². The van der Waals surface area contributed by atoms with Crippen LogP contribution in [0.4, 0.5) is 37.9 Å². The van der Waals surface area contributed by atoms with Crippen molar-refractivity contribution in [3.05, 3.63) is 59.7 Å². The number of nitrogens with one attached hydrogen (secondary N) is 2. The summed E-state index contributed by atoms with van der Waals surface area (Å²) in [5.41, 5.74) is 17.2. The predicted molar refractivity (Wildman–Crippen MR) is 158 cm³/mol. The minimum atomic E-state index is 0.476. The molecule has 0 aliphatic carbocycles. The van der Waals surface area contributed by atoms with E-state index in [1.54, 1.807) is 0 Å². The van der Waals surface area contributed by atoms with Crippen LogP contribution >= 0.6 is 22.7 Å². The number of nitrogens with two attached hydrogens (primary N) is 2. The minimum absolute atomic E-state index is 0.476. The lowest BCUT2D eigenvalue weighted by atomic mass is 10.2. The molecule has 0 radical (unpaired) electrons. The maximum absolute atomic E-state index is 5.48. The van der Waals surface area contributed by atoms with Crippen molar-refractivity contribution in [2.45, 2.75) is 40.0 Å². The first kappa shape index (κ1) is 27.0. The van der Waals surface area contributed by atoms with Gasteiger partial charge in [0.2, 0.25) is 5.00 Å². The van der Waals surface area contributed by atoms with Crippen LogP contribution in [0.3, 0.4) is 0 Å². The molecule has 0 saturated carbocycles. The Bertz CT molecular complexity index is 1410. The van der Waals surface area contributed by atoms with Crippen molar-refractivity contribution >= 4 is 60.6 Å². The summed E-state index contributed by atoms with van der Waals surface area (Å²) in [7, 11) is 0. The number of anilines is 3. The zero-order valence-electron chi connectivity index (χ0n) is 22.5. The van der Waals surface area contributed by atoms with Crippen LogP contribution in [0.5, 0.6) is 5.19 Å². The fraction of sp³-hybridized carbons (Fsp3) is 0.333. The molecule has 12 heteroatoms. The highest BCUT2D eigenvalue weighted by molar-refractivity contribution is 7.19. The Kier molecular flexibility index (Phi) is 8.99. The zero-order chi connectivity index (χ0) is 27.0. The van der Waals surface area contributed by atoms with Crippen LogP contribution in [0, 0.1) is 13.8 Å². The third-order valence-electron chi connectivity index (χ3n) is 6.34. The summed E-state index contributed by atoms with van der Waals surface area (Å²) in [5, 5.41) is 20.1. The smallest absolute Gasteiger partial charge is 0.295 e. The maximum Gasteiger partial charge on any atom is 0.295 e. The molecular weight excluding hydrogens is 530 g/mol. The van der Waals surface area contributed by atoms with Crippen molar-refractivity contribution in [3.63, 3.8) is 0 Å². The topological polar surface area (TPSA) is 120 Å². The number of hydrogen-bond acceptors (Lipinski definition) is 10. The van der Waals surface area contributed by atoms with Gasteiger partial charge in [0, 0.05) is 30.8 Å². The fourth-order valence-corrected chi connectivity index (χ4v) is 5.70. The molecule has 3 heterocycles. The Morgan fingerprint density at radius 2 is 1.67 bits per heavy atom. The molecule has 204 valence electrons. The number of nitrogen functional groups attached to an aromatic ring is 2. The zero-order valence-corrected chi connectivity index (χ0v) is 24.1. The number of nitrogens with zero attached hydrogens (tertiary/aromatic N) is 5. The van der Waals surface area contributed by atoms with E-state index >= 15 is 0 Å². The van der Waals surface area contributed by atoms with E-state index in [1.165, 1.54) is 52.8 Å². The first-order valence-electron chi connectivity index (χ1n) is 13.2. The molecule has 0 unspecified atom stereocenters. The van der Waals surface area contributed by atoms with Gasteiger partial charge in [0.05, 0.1) is 28.7 Å². The van der Waals surface area contributed by atoms with Gasteiger partial charge in [-0.1, -0.05) is 23.4 Å². The summed E-state index contributed by atoms with van der Waals surface area (Å²) in [5.74, 6) is 0. The van der Waals surface area contributed by atoms with Gasteiger partial charge in [0.25, 0.3) is 10.3 Å². The normalized spacial score (nSPS) is 13.4. The van der Waals surface area contributed by atoms with Crippen molar-refractivity contribution in [3.8, 4) is 5.19 Å². The van der Waals surface area contributed by atoms with Gasteiger partial charge in [0.1, 0.15) is 0 Å². The molecule has 10 nitrogen and oxygen atoms in total. The fourth-order valence-electron chi connectivity index (χ4n) is 4.21. The molecule has 1 aliphatic rings. The quantitative estimate of drug-likeness (QED) is 0.0783. The minimum Gasteiger partial charge on any atom is -0.469 e. The summed E-state index contributed by atoms with van der Waals surface area (Å²) in [6.07, 6.45) is 3.52. The number of aryl methyl sites for hydroxylation is 2. The third kappa shape index (κ3) is 7.30. The monoisotopic (exact) mass is 565 g/mol. The van der Waals surface area contributed by atoms with Crippen LogP contribution in [0.1, 0.15) is 37.3 Å². The lowest BCUT2D eigenvalue weighted by Crippen LogP contribution is -2.83. The van der Waals surface area contributed by atoms with Crippen LogP contribution in [0.15, 0.2) is 58.8 Å².